The lowest BCUT2D eigenvalue weighted by atomic mass is 9.98. The number of fused-ring (bicyclic) bond motifs is 1. The molecule has 36 heavy (non-hydrogen) atoms. The highest BCUT2D eigenvalue weighted by atomic mass is 16.1. The van der Waals surface area contributed by atoms with Gasteiger partial charge in [0, 0.05) is 11.1 Å². The summed E-state index contributed by atoms with van der Waals surface area (Å²) < 4.78 is 0. The van der Waals surface area contributed by atoms with Gasteiger partial charge in [0.1, 0.15) is 12.6 Å². The number of hydrogen-bond donors (Lipinski definition) is 0. The minimum Gasteiger partial charge on any atom is -0.298 e. The van der Waals surface area contributed by atoms with Crippen LogP contribution in [0.2, 0.25) is 0 Å². The van der Waals surface area contributed by atoms with Crippen molar-refractivity contribution in [2.75, 3.05) is 0 Å². The zero-order valence-electron chi connectivity index (χ0n) is 22.4. The Morgan fingerprint density at radius 2 is 0.722 bits per heavy atom. The quantitative estimate of drug-likeness (QED) is 0.204. The van der Waals surface area contributed by atoms with E-state index in [4.69, 9.17) is 0 Å². The van der Waals surface area contributed by atoms with Crippen LogP contribution in [0.25, 0.3) is 35.1 Å². The average molecular weight is 479 g/mol. The first-order chi connectivity index (χ1) is 17.7. The van der Waals surface area contributed by atoms with Gasteiger partial charge >= 0.3 is 0 Å². The summed E-state index contributed by atoms with van der Waals surface area (Å²) in [7, 11) is 0. The Hall–Kier alpha value is -4.04. The molecule has 0 saturated heterocycles. The van der Waals surface area contributed by atoms with E-state index in [0.717, 1.165) is 34.8 Å². The summed E-state index contributed by atoms with van der Waals surface area (Å²) in [5.74, 6) is 0. The molecule has 0 radical (unpaired) electrons. The number of carbonyl (C=O) groups is 2. The van der Waals surface area contributed by atoms with Gasteiger partial charge in [-0.25, -0.2) is 0 Å². The second-order valence-electron chi connectivity index (χ2n) is 7.06. The minimum absolute atomic E-state index is 0.669. The van der Waals surface area contributed by atoms with Crippen LogP contribution in [-0.2, 0) is 0 Å². The molecule has 0 fully saturated rings. The minimum atomic E-state index is 0.669. The molecule has 0 aromatic heterocycles. The van der Waals surface area contributed by atoms with Gasteiger partial charge in [0.25, 0.3) is 0 Å². The van der Waals surface area contributed by atoms with Crippen LogP contribution in [0, 0.1) is 0 Å². The van der Waals surface area contributed by atoms with Crippen molar-refractivity contribution in [3.8, 4) is 0 Å². The van der Waals surface area contributed by atoms with Crippen molar-refractivity contribution in [2.45, 2.75) is 41.5 Å². The largest absolute Gasteiger partial charge is 0.298 e. The summed E-state index contributed by atoms with van der Waals surface area (Å²) in [5, 5.41) is 2.36. The summed E-state index contributed by atoms with van der Waals surface area (Å²) in [6.45, 7) is 12.0. The molecule has 0 amide bonds. The zero-order chi connectivity index (χ0) is 26.8. The van der Waals surface area contributed by atoms with E-state index < -0.39 is 0 Å². The van der Waals surface area contributed by atoms with E-state index >= 15 is 0 Å². The highest BCUT2D eigenvalue weighted by Gasteiger charge is 2.01. The average Bonchev–Trinajstić information content (AvgIpc) is 2.98. The Labute approximate surface area is 217 Å². The lowest BCUT2D eigenvalue weighted by Gasteiger charge is -2.06. The van der Waals surface area contributed by atoms with E-state index in [-0.39, 0.29) is 0 Å². The fourth-order valence-electron chi connectivity index (χ4n) is 3.31. The Morgan fingerprint density at radius 3 is 1.03 bits per heavy atom. The second kappa shape index (κ2) is 17.4. The molecule has 0 saturated carbocycles. The Kier molecular flexibility index (Phi) is 14.5. The number of benzene rings is 4. The maximum atomic E-state index is 10.8. The molecule has 0 aliphatic rings. The van der Waals surface area contributed by atoms with Crippen LogP contribution < -0.4 is 0 Å². The molecule has 2 nitrogen and oxygen atoms in total. The highest BCUT2D eigenvalue weighted by molar-refractivity contribution is 5.91. The van der Waals surface area contributed by atoms with Gasteiger partial charge in [-0.2, -0.15) is 0 Å². The highest BCUT2D eigenvalue weighted by Crippen LogP contribution is 2.24. The van der Waals surface area contributed by atoms with Gasteiger partial charge < -0.3 is 0 Å². The normalized spacial score (nSPS) is 9.94. The van der Waals surface area contributed by atoms with Crippen LogP contribution in [0.3, 0.4) is 0 Å². The van der Waals surface area contributed by atoms with E-state index in [2.05, 4.69) is 48.6 Å². The van der Waals surface area contributed by atoms with Crippen molar-refractivity contribution >= 4 is 47.6 Å². The second-order valence-corrected chi connectivity index (χ2v) is 7.06. The zero-order valence-corrected chi connectivity index (χ0v) is 22.4. The summed E-state index contributed by atoms with van der Waals surface area (Å²) in [4.78, 5) is 21.7. The van der Waals surface area contributed by atoms with E-state index in [1.165, 1.54) is 10.8 Å². The topological polar surface area (TPSA) is 34.1 Å². The number of carbonyl (C=O) groups excluding carboxylic acids is 2. The van der Waals surface area contributed by atoms with Crippen molar-refractivity contribution in [2.24, 2.45) is 0 Å². The number of hydrogen-bond acceptors (Lipinski definition) is 2. The first-order valence-electron chi connectivity index (χ1n) is 12.7. The molecule has 0 aliphatic carbocycles. The molecule has 186 valence electrons. The van der Waals surface area contributed by atoms with E-state index in [1.807, 2.05) is 102 Å². The molecule has 2 heteroatoms. The molecular weight excluding hydrogens is 440 g/mol. The standard InChI is InChI=1S/C28H20O2.3C2H6/c29-19-23-9-5-21(6-10-23)13-15-27-17-25-3-1-2-4-26(25)18-28(27)16-14-22-7-11-24(20-30)12-8-22;3*1-2/h1-20H;3*1-2H3. The summed E-state index contributed by atoms with van der Waals surface area (Å²) in [5.41, 5.74) is 5.62. The molecule has 0 bridgehead atoms. The van der Waals surface area contributed by atoms with Crippen LogP contribution in [0.15, 0.2) is 84.9 Å². The molecule has 0 heterocycles. The number of aldehydes is 2. The van der Waals surface area contributed by atoms with E-state index in [1.54, 1.807) is 0 Å². The third kappa shape index (κ3) is 8.96. The molecular formula is C34H38O2. The van der Waals surface area contributed by atoms with Gasteiger partial charge in [-0.3, -0.25) is 9.59 Å². The lowest BCUT2D eigenvalue weighted by molar-refractivity contribution is 0.111. The van der Waals surface area contributed by atoms with Gasteiger partial charge in [0.2, 0.25) is 0 Å². The first kappa shape index (κ1) is 30.0. The molecule has 4 aromatic rings. The summed E-state index contributed by atoms with van der Waals surface area (Å²) >= 11 is 0. The van der Waals surface area contributed by atoms with Gasteiger partial charge in [0.15, 0.2) is 0 Å². The molecule has 0 N–H and O–H groups in total. The monoisotopic (exact) mass is 478 g/mol. The summed E-state index contributed by atoms with van der Waals surface area (Å²) in [6.07, 6.45) is 9.99. The molecule has 4 rings (SSSR count). The Morgan fingerprint density at radius 1 is 0.417 bits per heavy atom. The van der Waals surface area contributed by atoms with E-state index in [0.29, 0.717) is 11.1 Å². The molecule has 0 atom stereocenters. The number of rotatable bonds is 6. The molecule has 0 unspecified atom stereocenters. The SMILES string of the molecule is CC.CC.CC.O=Cc1ccc(C=Cc2cc3ccccc3cc2C=Cc2ccc(C=O)cc2)cc1. The lowest BCUT2D eigenvalue weighted by Crippen LogP contribution is -1.84. The van der Waals surface area contributed by atoms with Crippen molar-refractivity contribution in [3.05, 3.63) is 118 Å². The third-order valence-corrected chi connectivity index (χ3v) is 5.01. The van der Waals surface area contributed by atoms with Crippen molar-refractivity contribution < 1.29 is 9.59 Å². The fourth-order valence-corrected chi connectivity index (χ4v) is 3.31. The van der Waals surface area contributed by atoms with Gasteiger partial charge in [0.05, 0.1) is 0 Å². The Balaban J connectivity index is 0.00000101. The Bertz CT molecular complexity index is 1140. The van der Waals surface area contributed by atoms with Gasteiger partial charge in [-0.1, -0.05) is 139 Å². The maximum Gasteiger partial charge on any atom is 0.150 e. The molecule has 0 aliphatic heterocycles. The predicted molar refractivity (Wildman–Crippen MR) is 160 cm³/mol. The molecule has 4 aromatic carbocycles. The predicted octanol–water partition coefficient (Wildman–Crippen LogP) is 9.88. The smallest absolute Gasteiger partial charge is 0.150 e. The summed E-state index contributed by atoms with van der Waals surface area (Å²) in [6, 6.07) is 27.7. The maximum absolute atomic E-state index is 10.8. The van der Waals surface area contributed by atoms with Crippen LogP contribution in [0.1, 0.15) is 84.5 Å². The van der Waals surface area contributed by atoms with Crippen LogP contribution in [-0.4, -0.2) is 12.6 Å². The van der Waals surface area contributed by atoms with Crippen molar-refractivity contribution in [1.82, 2.24) is 0 Å². The first-order valence-corrected chi connectivity index (χ1v) is 12.7. The van der Waals surface area contributed by atoms with Crippen molar-refractivity contribution in [1.29, 1.82) is 0 Å². The van der Waals surface area contributed by atoms with Crippen LogP contribution >= 0.6 is 0 Å². The van der Waals surface area contributed by atoms with Gasteiger partial charge in [-0.05, 0) is 45.2 Å². The van der Waals surface area contributed by atoms with Crippen LogP contribution in [0.5, 0.6) is 0 Å². The fraction of sp³-hybridized carbons (Fsp3) is 0.176. The van der Waals surface area contributed by atoms with Crippen molar-refractivity contribution in [3.63, 3.8) is 0 Å². The van der Waals surface area contributed by atoms with E-state index in [9.17, 15) is 9.59 Å². The molecule has 0 spiro atoms. The third-order valence-electron chi connectivity index (χ3n) is 5.01. The van der Waals surface area contributed by atoms with Gasteiger partial charge in [-0.15, -0.1) is 0 Å². The van der Waals surface area contributed by atoms with Crippen LogP contribution in [0.4, 0.5) is 0 Å².